The third-order valence-corrected chi connectivity index (χ3v) is 2.95. The van der Waals surface area contributed by atoms with E-state index in [1.165, 1.54) is 45.2 Å². The molecule has 1 aliphatic rings. The molecule has 0 saturated carbocycles. The van der Waals surface area contributed by atoms with Gasteiger partial charge < -0.3 is 5.32 Å². The summed E-state index contributed by atoms with van der Waals surface area (Å²) < 4.78 is 0. The summed E-state index contributed by atoms with van der Waals surface area (Å²) >= 11 is 0. The second-order valence-corrected chi connectivity index (χ2v) is 4.34. The second-order valence-electron chi connectivity index (χ2n) is 4.34. The first-order valence-corrected chi connectivity index (χ1v) is 5.53. The van der Waals surface area contributed by atoms with Crippen LogP contribution in [0.3, 0.4) is 0 Å². The zero-order chi connectivity index (χ0) is 8.81. The predicted molar refractivity (Wildman–Crippen MR) is 54.3 cm³/mol. The van der Waals surface area contributed by atoms with Gasteiger partial charge >= 0.3 is 0 Å². The summed E-state index contributed by atoms with van der Waals surface area (Å²) in [5, 5.41) is 3.54. The Morgan fingerprint density at radius 3 is 3.00 bits per heavy atom. The molecule has 0 aliphatic carbocycles. The van der Waals surface area contributed by atoms with Crippen LogP contribution in [0, 0.1) is 11.8 Å². The van der Waals surface area contributed by atoms with Gasteiger partial charge in [0.2, 0.25) is 0 Å². The highest BCUT2D eigenvalue weighted by molar-refractivity contribution is 4.71. The fourth-order valence-electron chi connectivity index (χ4n) is 2.14. The summed E-state index contributed by atoms with van der Waals surface area (Å²) in [4.78, 5) is 0. The Bertz CT molecular complexity index is 112. The molecule has 1 aliphatic heterocycles. The molecule has 2 atom stereocenters. The second kappa shape index (κ2) is 5.58. The number of hydrogen-bond acceptors (Lipinski definition) is 1. The molecule has 0 bridgehead atoms. The molecule has 72 valence electrons. The van der Waals surface area contributed by atoms with E-state index in [1.54, 1.807) is 0 Å². The molecule has 1 heterocycles. The Balaban J connectivity index is 2.21. The topological polar surface area (TPSA) is 12.0 Å². The van der Waals surface area contributed by atoms with Gasteiger partial charge in [-0.1, -0.05) is 26.7 Å². The van der Waals surface area contributed by atoms with E-state index in [1.807, 2.05) is 0 Å². The minimum Gasteiger partial charge on any atom is -0.316 e. The Kier molecular flexibility index (Phi) is 4.67. The smallest absolute Gasteiger partial charge is 0.00204 e. The molecule has 0 aromatic carbocycles. The first-order valence-electron chi connectivity index (χ1n) is 5.53. The molecule has 0 radical (unpaired) electrons. The highest BCUT2D eigenvalue weighted by Crippen LogP contribution is 2.21. The van der Waals surface area contributed by atoms with Crippen LogP contribution >= 0.6 is 0 Å². The van der Waals surface area contributed by atoms with E-state index in [0.717, 1.165) is 11.8 Å². The van der Waals surface area contributed by atoms with Crippen LogP contribution in [0.25, 0.3) is 0 Å². The van der Waals surface area contributed by atoms with Gasteiger partial charge in [-0.25, -0.2) is 0 Å². The Morgan fingerprint density at radius 2 is 2.25 bits per heavy atom. The van der Waals surface area contributed by atoms with Crippen molar-refractivity contribution in [3.8, 4) is 0 Å². The minimum absolute atomic E-state index is 0.946. The van der Waals surface area contributed by atoms with Gasteiger partial charge in [-0.15, -0.1) is 0 Å². The maximum absolute atomic E-state index is 3.54. The van der Waals surface area contributed by atoms with Crippen LogP contribution in [0.2, 0.25) is 0 Å². The number of rotatable bonds is 3. The number of hydrogen-bond donors (Lipinski definition) is 1. The molecule has 1 nitrogen and oxygen atoms in total. The van der Waals surface area contributed by atoms with E-state index in [9.17, 15) is 0 Å². The molecule has 1 N–H and O–H groups in total. The molecule has 1 saturated heterocycles. The predicted octanol–water partition coefficient (Wildman–Crippen LogP) is 2.81. The van der Waals surface area contributed by atoms with Gasteiger partial charge in [0.1, 0.15) is 0 Å². The molecular formula is C11H23N. The molecule has 0 aromatic heterocycles. The average molecular weight is 169 g/mol. The lowest BCUT2D eigenvalue weighted by molar-refractivity contribution is 0.381. The van der Waals surface area contributed by atoms with Gasteiger partial charge in [-0.2, -0.15) is 0 Å². The van der Waals surface area contributed by atoms with Crippen LogP contribution in [0.4, 0.5) is 0 Å². The molecule has 1 heteroatoms. The van der Waals surface area contributed by atoms with Gasteiger partial charge in [0.05, 0.1) is 0 Å². The van der Waals surface area contributed by atoms with E-state index in [0.29, 0.717) is 0 Å². The number of unbranched alkanes of at least 4 members (excludes halogenated alkanes) is 1. The maximum atomic E-state index is 3.54. The van der Waals surface area contributed by atoms with Crippen molar-refractivity contribution >= 4 is 0 Å². The first-order chi connectivity index (χ1) is 5.83. The first kappa shape index (κ1) is 10.0. The monoisotopic (exact) mass is 169 g/mol. The van der Waals surface area contributed by atoms with E-state index in [-0.39, 0.29) is 0 Å². The van der Waals surface area contributed by atoms with E-state index in [2.05, 4.69) is 19.2 Å². The molecule has 2 unspecified atom stereocenters. The summed E-state index contributed by atoms with van der Waals surface area (Å²) in [7, 11) is 0. The molecule has 12 heavy (non-hydrogen) atoms. The summed E-state index contributed by atoms with van der Waals surface area (Å²) in [5.74, 6) is 1.91. The SMILES string of the molecule is CCCCC1CNCCC(C)C1. The highest BCUT2D eigenvalue weighted by atomic mass is 14.9. The fraction of sp³-hybridized carbons (Fsp3) is 1.00. The lowest BCUT2D eigenvalue weighted by atomic mass is 9.91. The van der Waals surface area contributed by atoms with Gasteiger partial charge in [-0.05, 0) is 44.2 Å². The molecule has 1 rings (SSSR count). The van der Waals surface area contributed by atoms with Crippen LogP contribution in [0.1, 0.15) is 46.0 Å². The minimum atomic E-state index is 0.946. The van der Waals surface area contributed by atoms with Gasteiger partial charge in [-0.3, -0.25) is 0 Å². The van der Waals surface area contributed by atoms with Gasteiger partial charge in [0.25, 0.3) is 0 Å². The zero-order valence-corrected chi connectivity index (χ0v) is 8.60. The quantitative estimate of drug-likeness (QED) is 0.685. The van der Waals surface area contributed by atoms with Crippen molar-refractivity contribution in [2.75, 3.05) is 13.1 Å². The molecule has 1 fully saturated rings. The Hall–Kier alpha value is -0.0400. The highest BCUT2D eigenvalue weighted by Gasteiger charge is 2.15. The van der Waals surface area contributed by atoms with Crippen molar-refractivity contribution in [3.05, 3.63) is 0 Å². The van der Waals surface area contributed by atoms with Crippen molar-refractivity contribution in [1.82, 2.24) is 5.32 Å². The van der Waals surface area contributed by atoms with E-state index in [4.69, 9.17) is 0 Å². The van der Waals surface area contributed by atoms with Crippen LogP contribution in [0.5, 0.6) is 0 Å². The summed E-state index contributed by atoms with van der Waals surface area (Å²) in [6.07, 6.45) is 7.04. The summed E-state index contributed by atoms with van der Waals surface area (Å²) in [6.45, 7) is 7.19. The van der Waals surface area contributed by atoms with Gasteiger partial charge in [0, 0.05) is 0 Å². The Morgan fingerprint density at radius 1 is 1.42 bits per heavy atom. The molecular weight excluding hydrogens is 146 g/mol. The van der Waals surface area contributed by atoms with E-state index >= 15 is 0 Å². The van der Waals surface area contributed by atoms with Crippen molar-refractivity contribution in [2.45, 2.75) is 46.0 Å². The fourth-order valence-corrected chi connectivity index (χ4v) is 2.14. The number of nitrogens with one attached hydrogen (secondary N) is 1. The third kappa shape index (κ3) is 3.57. The third-order valence-electron chi connectivity index (χ3n) is 2.95. The lowest BCUT2D eigenvalue weighted by Gasteiger charge is -2.15. The normalized spacial score (nSPS) is 31.5. The largest absolute Gasteiger partial charge is 0.316 e. The summed E-state index contributed by atoms with van der Waals surface area (Å²) in [5.41, 5.74) is 0. The van der Waals surface area contributed by atoms with Crippen molar-refractivity contribution < 1.29 is 0 Å². The van der Waals surface area contributed by atoms with Crippen molar-refractivity contribution in [3.63, 3.8) is 0 Å². The van der Waals surface area contributed by atoms with E-state index < -0.39 is 0 Å². The van der Waals surface area contributed by atoms with Crippen LogP contribution in [-0.4, -0.2) is 13.1 Å². The van der Waals surface area contributed by atoms with Crippen LogP contribution in [-0.2, 0) is 0 Å². The van der Waals surface area contributed by atoms with Crippen LogP contribution in [0.15, 0.2) is 0 Å². The summed E-state index contributed by atoms with van der Waals surface area (Å²) in [6, 6.07) is 0. The lowest BCUT2D eigenvalue weighted by Crippen LogP contribution is -2.20. The molecule has 0 amide bonds. The standard InChI is InChI=1S/C11H23N/c1-3-4-5-11-8-10(2)6-7-12-9-11/h10-12H,3-9H2,1-2H3. The Labute approximate surface area is 76.9 Å². The van der Waals surface area contributed by atoms with Gasteiger partial charge in [0.15, 0.2) is 0 Å². The maximum Gasteiger partial charge on any atom is -0.00204 e. The van der Waals surface area contributed by atoms with Crippen LogP contribution < -0.4 is 5.32 Å². The molecule has 0 spiro atoms. The van der Waals surface area contributed by atoms with Crippen molar-refractivity contribution in [1.29, 1.82) is 0 Å². The zero-order valence-electron chi connectivity index (χ0n) is 8.60. The molecule has 0 aromatic rings. The van der Waals surface area contributed by atoms with Crippen molar-refractivity contribution in [2.24, 2.45) is 11.8 Å². The average Bonchev–Trinajstić information content (AvgIpc) is 2.26.